The zero-order chi connectivity index (χ0) is 11.5. The SMILES string of the molecule is N#Cc1ccc2c(c1)N(CC(=O)O)CCN2. The van der Waals surface area contributed by atoms with Crippen LogP contribution in [0.4, 0.5) is 11.4 Å². The first-order valence-corrected chi connectivity index (χ1v) is 4.95. The average molecular weight is 217 g/mol. The number of carboxylic acids is 1. The normalized spacial score (nSPS) is 13.6. The molecular weight excluding hydrogens is 206 g/mol. The maximum atomic E-state index is 10.7. The monoisotopic (exact) mass is 217 g/mol. The van der Waals surface area contributed by atoms with Gasteiger partial charge in [-0.2, -0.15) is 5.26 Å². The second-order valence-electron chi connectivity index (χ2n) is 3.59. The maximum absolute atomic E-state index is 10.7. The number of fused-ring (bicyclic) bond motifs is 1. The highest BCUT2D eigenvalue weighted by Gasteiger charge is 2.18. The molecule has 0 bridgehead atoms. The Morgan fingerprint density at radius 2 is 2.44 bits per heavy atom. The van der Waals surface area contributed by atoms with Crippen LogP contribution in [0.5, 0.6) is 0 Å². The third kappa shape index (κ3) is 1.91. The van der Waals surface area contributed by atoms with Crippen LogP contribution >= 0.6 is 0 Å². The third-order valence-corrected chi connectivity index (χ3v) is 2.49. The number of nitriles is 1. The fraction of sp³-hybridized carbons (Fsp3) is 0.273. The van der Waals surface area contributed by atoms with Crippen LogP contribution < -0.4 is 10.2 Å². The van der Waals surface area contributed by atoms with Crippen molar-refractivity contribution in [1.82, 2.24) is 0 Å². The van der Waals surface area contributed by atoms with E-state index in [0.29, 0.717) is 18.7 Å². The Kier molecular flexibility index (Phi) is 2.64. The lowest BCUT2D eigenvalue weighted by atomic mass is 10.1. The highest BCUT2D eigenvalue weighted by Crippen LogP contribution is 2.29. The summed E-state index contributed by atoms with van der Waals surface area (Å²) in [6.07, 6.45) is 0. The van der Waals surface area contributed by atoms with E-state index < -0.39 is 5.97 Å². The van der Waals surface area contributed by atoms with Crippen LogP contribution in [-0.2, 0) is 4.79 Å². The summed E-state index contributed by atoms with van der Waals surface area (Å²) in [4.78, 5) is 12.5. The first kappa shape index (κ1) is 10.3. The Morgan fingerprint density at radius 3 is 3.12 bits per heavy atom. The van der Waals surface area contributed by atoms with E-state index in [9.17, 15) is 4.79 Å². The predicted molar refractivity (Wildman–Crippen MR) is 59.5 cm³/mol. The number of hydrogen-bond acceptors (Lipinski definition) is 4. The molecule has 0 spiro atoms. The molecular formula is C11H11N3O2. The molecule has 82 valence electrons. The van der Waals surface area contributed by atoms with Crippen molar-refractivity contribution in [2.75, 3.05) is 29.9 Å². The lowest BCUT2D eigenvalue weighted by molar-refractivity contribution is -0.135. The third-order valence-electron chi connectivity index (χ3n) is 2.49. The van der Waals surface area contributed by atoms with Crippen molar-refractivity contribution in [2.45, 2.75) is 0 Å². The van der Waals surface area contributed by atoms with E-state index in [1.165, 1.54) is 0 Å². The van der Waals surface area contributed by atoms with Gasteiger partial charge in [0.2, 0.25) is 0 Å². The van der Waals surface area contributed by atoms with Gasteiger partial charge in [-0.15, -0.1) is 0 Å². The molecule has 0 aliphatic carbocycles. The summed E-state index contributed by atoms with van der Waals surface area (Å²) >= 11 is 0. The Labute approximate surface area is 92.9 Å². The number of carbonyl (C=O) groups is 1. The van der Waals surface area contributed by atoms with Gasteiger partial charge in [0.25, 0.3) is 0 Å². The lowest BCUT2D eigenvalue weighted by Crippen LogP contribution is -2.37. The Morgan fingerprint density at radius 1 is 1.62 bits per heavy atom. The minimum atomic E-state index is -0.866. The van der Waals surface area contributed by atoms with Crippen molar-refractivity contribution in [3.63, 3.8) is 0 Å². The molecule has 0 radical (unpaired) electrons. The van der Waals surface area contributed by atoms with Gasteiger partial charge in [-0.1, -0.05) is 0 Å². The van der Waals surface area contributed by atoms with Crippen molar-refractivity contribution >= 4 is 17.3 Å². The Hall–Kier alpha value is -2.22. The molecule has 16 heavy (non-hydrogen) atoms. The van der Waals surface area contributed by atoms with Crippen molar-refractivity contribution in [3.8, 4) is 6.07 Å². The molecule has 0 amide bonds. The number of nitrogens with zero attached hydrogens (tertiary/aromatic N) is 2. The number of hydrogen-bond donors (Lipinski definition) is 2. The first-order chi connectivity index (χ1) is 7.70. The Balaban J connectivity index is 2.36. The van der Waals surface area contributed by atoms with E-state index in [-0.39, 0.29) is 6.54 Å². The van der Waals surface area contributed by atoms with E-state index >= 15 is 0 Å². The smallest absolute Gasteiger partial charge is 0.323 e. The first-order valence-electron chi connectivity index (χ1n) is 4.95. The average Bonchev–Trinajstić information content (AvgIpc) is 2.28. The zero-order valence-electron chi connectivity index (χ0n) is 8.60. The van der Waals surface area contributed by atoms with Crippen LogP contribution in [0, 0.1) is 11.3 Å². The van der Waals surface area contributed by atoms with Gasteiger partial charge < -0.3 is 15.3 Å². The molecule has 5 nitrogen and oxygen atoms in total. The molecule has 1 aromatic rings. The second-order valence-corrected chi connectivity index (χ2v) is 3.59. The van der Waals surface area contributed by atoms with E-state index in [0.717, 1.165) is 11.4 Å². The predicted octanol–water partition coefficient (Wildman–Crippen LogP) is 0.875. The number of carboxylic acid groups (broad SMARTS) is 1. The molecule has 1 aliphatic rings. The van der Waals surface area contributed by atoms with Crippen LogP contribution in [0.3, 0.4) is 0 Å². The molecule has 5 heteroatoms. The van der Waals surface area contributed by atoms with Gasteiger partial charge in [0.05, 0.1) is 23.0 Å². The molecule has 0 saturated carbocycles. The molecule has 0 saturated heterocycles. The van der Waals surface area contributed by atoms with Gasteiger partial charge in [0, 0.05) is 13.1 Å². The Bertz CT molecular complexity index is 465. The molecule has 1 aromatic carbocycles. The van der Waals surface area contributed by atoms with Crippen molar-refractivity contribution in [2.24, 2.45) is 0 Å². The largest absolute Gasteiger partial charge is 0.480 e. The fourth-order valence-corrected chi connectivity index (χ4v) is 1.79. The summed E-state index contributed by atoms with van der Waals surface area (Å²) in [6.45, 7) is 1.31. The lowest BCUT2D eigenvalue weighted by Gasteiger charge is -2.30. The topological polar surface area (TPSA) is 76.4 Å². The zero-order valence-corrected chi connectivity index (χ0v) is 8.60. The van der Waals surface area contributed by atoms with Crippen LogP contribution in [0.15, 0.2) is 18.2 Å². The maximum Gasteiger partial charge on any atom is 0.323 e. The van der Waals surface area contributed by atoms with Crippen LogP contribution in [-0.4, -0.2) is 30.7 Å². The number of aliphatic carboxylic acids is 1. The molecule has 0 unspecified atom stereocenters. The summed E-state index contributed by atoms with van der Waals surface area (Å²) in [6, 6.07) is 7.29. The van der Waals surface area contributed by atoms with Crippen LogP contribution in [0.1, 0.15) is 5.56 Å². The minimum Gasteiger partial charge on any atom is -0.480 e. The van der Waals surface area contributed by atoms with Gasteiger partial charge in [0.15, 0.2) is 0 Å². The molecule has 1 heterocycles. The van der Waals surface area contributed by atoms with Crippen molar-refractivity contribution in [1.29, 1.82) is 5.26 Å². The second kappa shape index (κ2) is 4.11. The van der Waals surface area contributed by atoms with Gasteiger partial charge in [0.1, 0.15) is 6.54 Å². The van der Waals surface area contributed by atoms with E-state index in [4.69, 9.17) is 10.4 Å². The number of benzene rings is 1. The standard InChI is InChI=1S/C11H11N3O2/c12-6-8-1-2-9-10(5-8)14(4-3-13-9)7-11(15)16/h1-2,5,13H,3-4,7H2,(H,15,16). The summed E-state index contributed by atoms with van der Waals surface area (Å²) in [5, 5.41) is 20.8. The van der Waals surface area contributed by atoms with Gasteiger partial charge in [-0.3, -0.25) is 4.79 Å². The van der Waals surface area contributed by atoms with Gasteiger partial charge >= 0.3 is 5.97 Å². The molecule has 2 N–H and O–H groups in total. The number of anilines is 2. The van der Waals surface area contributed by atoms with Gasteiger partial charge in [-0.05, 0) is 18.2 Å². The summed E-state index contributed by atoms with van der Waals surface area (Å²) in [5.41, 5.74) is 2.21. The van der Waals surface area contributed by atoms with E-state index in [1.54, 1.807) is 17.0 Å². The number of rotatable bonds is 2. The number of nitrogens with one attached hydrogen (secondary N) is 1. The van der Waals surface area contributed by atoms with Crippen LogP contribution in [0.2, 0.25) is 0 Å². The van der Waals surface area contributed by atoms with Gasteiger partial charge in [-0.25, -0.2) is 0 Å². The highest BCUT2D eigenvalue weighted by atomic mass is 16.4. The molecule has 1 aliphatic heterocycles. The summed E-state index contributed by atoms with van der Waals surface area (Å²) < 4.78 is 0. The quantitative estimate of drug-likeness (QED) is 0.768. The fourth-order valence-electron chi connectivity index (χ4n) is 1.79. The van der Waals surface area contributed by atoms with Crippen LogP contribution in [0.25, 0.3) is 0 Å². The van der Waals surface area contributed by atoms with Crippen molar-refractivity contribution < 1.29 is 9.90 Å². The summed E-state index contributed by atoms with van der Waals surface area (Å²) in [7, 11) is 0. The molecule has 0 atom stereocenters. The van der Waals surface area contributed by atoms with Crippen molar-refractivity contribution in [3.05, 3.63) is 23.8 Å². The molecule has 2 rings (SSSR count). The molecule has 0 fully saturated rings. The van der Waals surface area contributed by atoms with E-state index in [2.05, 4.69) is 5.32 Å². The summed E-state index contributed by atoms with van der Waals surface area (Å²) in [5.74, 6) is -0.866. The highest BCUT2D eigenvalue weighted by molar-refractivity contribution is 5.80. The minimum absolute atomic E-state index is 0.0381. The van der Waals surface area contributed by atoms with E-state index in [1.807, 2.05) is 12.1 Å². The molecule has 0 aromatic heterocycles.